The third-order valence-electron chi connectivity index (χ3n) is 1.82. The number of amides is 1. The highest BCUT2D eigenvalue weighted by Gasteiger charge is 2.03. The van der Waals surface area contributed by atoms with Crippen molar-refractivity contribution in [2.45, 2.75) is 5.16 Å². The fourth-order valence-corrected chi connectivity index (χ4v) is 1.50. The Bertz CT molecular complexity index is 483. The number of nitrogens with one attached hydrogen (secondary N) is 2. The van der Waals surface area contributed by atoms with Gasteiger partial charge in [-0.1, -0.05) is 11.8 Å². The molecule has 2 aromatic heterocycles. The van der Waals surface area contributed by atoms with Crippen LogP contribution in [0.3, 0.4) is 0 Å². The van der Waals surface area contributed by atoms with Crippen molar-refractivity contribution >= 4 is 29.5 Å². The highest BCUT2D eigenvalue weighted by molar-refractivity contribution is 7.98. The Morgan fingerprint density at radius 1 is 1.53 bits per heavy atom. The monoisotopic (exact) mass is 223 g/mol. The van der Waals surface area contributed by atoms with E-state index in [0.29, 0.717) is 17.4 Å². The van der Waals surface area contributed by atoms with E-state index in [4.69, 9.17) is 0 Å². The fraction of sp³-hybridized carbons (Fsp3) is 0.125. The molecule has 0 atom stereocenters. The van der Waals surface area contributed by atoms with E-state index < -0.39 is 0 Å². The average Bonchev–Trinajstić information content (AvgIpc) is 2.68. The molecular formula is C8H9N5OS. The van der Waals surface area contributed by atoms with Gasteiger partial charge in [0.15, 0.2) is 0 Å². The molecule has 6 nitrogen and oxygen atoms in total. The van der Waals surface area contributed by atoms with Gasteiger partial charge in [0.1, 0.15) is 5.82 Å². The van der Waals surface area contributed by atoms with Crippen LogP contribution in [0.15, 0.2) is 23.5 Å². The summed E-state index contributed by atoms with van der Waals surface area (Å²) in [6.07, 6.45) is 4.20. The first-order chi connectivity index (χ1) is 7.35. The third kappa shape index (κ3) is 1.86. The minimum atomic E-state index is 0.566. The van der Waals surface area contributed by atoms with E-state index in [0.717, 1.165) is 5.52 Å². The average molecular weight is 223 g/mol. The van der Waals surface area contributed by atoms with E-state index in [1.807, 2.05) is 18.4 Å². The summed E-state index contributed by atoms with van der Waals surface area (Å²) >= 11 is 1.46. The summed E-state index contributed by atoms with van der Waals surface area (Å²) in [4.78, 5) is 14.3. The van der Waals surface area contributed by atoms with Gasteiger partial charge >= 0.3 is 0 Å². The molecule has 2 heterocycles. The van der Waals surface area contributed by atoms with Gasteiger partial charge in [0.2, 0.25) is 11.6 Å². The Labute approximate surface area is 90.0 Å². The van der Waals surface area contributed by atoms with Crippen LogP contribution in [-0.4, -0.2) is 27.3 Å². The van der Waals surface area contributed by atoms with Crippen molar-refractivity contribution in [3.8, 4) is 0 Å². The van der Waals surface area contributed by atoms with E-state index in [2.05, 4.69) is 20.9 Å². The maximum Gasteiger partial charge on any atom is 0.225 e. The van der Waals surface area contributed by atoms with Gasteiger partial charge in [0.05, 0.1) is 11.7 Å². The molecule has 15 heavy (non-hydrogen) atoms. The number of hydrazine groups is 1. The maximum absolute atomic E-state index is 10.1. The van der Waals surface area contributed by atoms with Gasteiger partial charge in [-0.05, 0) is 18.4 Å². The summed E-state index contributed by atoms with van der Waals surface area (Å²) in [6.45, 7) is 0. The van der Waals surface area contributed by atoms with Gasteiger partial charge in [-0.25, -0.2) is 9.50 Å². The lowest BCUT2D eigenvalue weighted by Crippen LogP contribution is -2.20. The number of fused-ring (bicyclic) bond motifs is 1. The van der Waals surface area contributed by atoms with Gasteiger partial charge in [-0.2, -0.15) is 0 Å². The Hall–Kier alpha value is -1.76. The zero-order chi connectivity index (χ0) is 10.7. The highest BCUT2D eigenvalue weighted by atomic mass is 32.2. The third-order valence-corrected chi connectivity index (χ3v) is 2.37. The molecule has 0 aliphatic heterocycles. The van der Waals surface area contributed by atoms with E-state index in [1.54, 1.807) is 10.7 Å². The van der Waals surface area contributed by atoms with Crippen molar-refractivity contribution in [2.75, 3.05) is 11.7 Å². The quantitative estimate of drug-likeness (QED) is 0.449. The van der Waals surface area contributed by atoms with E-state index in [9.17, 15) is 4.79 Å². The molecular weight excluding hydrogens is 214 g/mol. The van der Waals surface area contributed by atoms with Gasteiger partial charge < -0.3 is 0 Å². The standard InChI is InChI=1S/C8H9N5OS/c1-15-8-9-4-6-2-3-7(11-10-5-14)13(6)12-8/h2-5,11H,1H3,(H,10,14). The van der Waals surface area contributed by atoms with Crippen molar-refractivity contribution in [3.05, 3.63) is 18.3 Å². The first-order valence-corrected chi connectivity index (χ1v) is 5.41. The molecule has 0 fully saturated rings. The smallest absolute Gasteiger partial charge is 0.225 e. The maximum atomic E-state index is 10.1. The first kappa shape index (κ1) is 9.78. The van der Waals surface area contributed by atoms with Gasteiger partial charge in [-0.3, -0.25) is 15.6 Å². The van der Waals surface area contributed by atoms with Crippen LogP contribution >= 0.6 is 11.8 Å². The van der Waals surface area contributed by atoms with E-state index >= 15 is 0 Å². The molecule has 2 rings (SSSR count). The molecule has 2 N–H and O–H groups in total. The van der Waals surface area contributed by atoms with Crippen LogP contribution in [0, 0.1) is 0 Å². The molecule has 0 bridgehead atoms. The Morgan fingerprint density at radius 2 is 2.40 bits per heavy atom. The van der Waals surface area contributed by atoms with E-state index in [1.165, 1.54) is 11.8 Å². The normalized spacial score (nSPS) is 10.2. The summed E-state index contributed by atoms with van der Waals surface area (Å²) in [7, 11) is 0. The Kier molecular flexibility index (Phi) is 2.72. The van der Waals surface area contributed by atoms with Crippen LogP contribution in [-0.2, 0) is 4.79 Å². The molecule has 7 heteroatoms. The number of thioether (sulfide) groups is 1. The molecule has 0 spiro atoms. The predicted octanol–water partition coefficient (Wildman–Crippen LogP) is 0.524. The number of carbonyl (C=O) groups is 1. The fourth-order valence-electron chi connectivity index (χ4n) is 1.18. The summed E-state index contributed by atoms with van der Waals surface area (Å²) in [5, 5.41) is 4.93. The van der Waals surface area contributed by atoms with Crippen LogP contribution in [0.5, 0.6) is 0 Å². The molecule has 0 aliphatic carbocycles. The summed E-state index contributed by atoms with van der Waals surface area (Å²) < 4.78 is 1.68. The van der Waals surface area contributed by atoms with E-state index in [-0.39, 0.29) is 0 Å². The summed E-state index contributed by atoms with van der Waals surface area (Å²) in [5.74, 6) is 0.690. The van der Waals surface area contributed by atoms with Crippen LogP contribution < -0.4 is 10.9 Å². The number of carbonyl (C=O) groups excluding carboxylic acids is 1. The molecule has 1 amide bonds. The topological polar surface area (TPSA) is 71.3 Å². The van der Waals surface area contributed by atoms with Crippen LogP contribution in [0.2, 0.25) is 0 Å². The second kappa shape index (κ2) is 4.18. The molecule has 0 aromatic carbocycles. The SMILES string of the molecule is CSc1ncc2ccc(NNC=O)n2n1. The lowest BCUT2D eigenvalue weighted by atomic mass is 10.5. The van der Waals surface area contributed by atoms with Gasteiger partial charge in [-0.15, -0.1) is 5.10 Å². The number of rotatable bonds is 4. The first-order valence-electron chi connectivity index (χ1n) is 4.19. The van der Waals surface area contributed by atoms with Crippen molar-refractivity contribution in [3.63, 3.8) is 0 Å². The van der Waals surface area contributed by atoms with Crippen molar-refractivity contribution < 1.29 is 4.79 Å². The lowest BCUT2D eigenvalue weighted by molar-refractivity contribution is -0.109. The van der Waals surface area contributed by atoms with Crippen LogP contribution in [0.1, 0.15) is 0 Å². The zero-order valence-corrected chi connectivity index (χ0v) is 8.78. The lowest BCUT2D eigenvalue weighted by Gasteiger charge is -2.03. The number of hydrogen-bond donors (Lipinski definition) is 2. The van der Waals surface area contributed by atoms with Gasteiger partial charge in [0.25, 0.3) is 0 Å². The largest absolute Gasteiger partial charge is 0.282 e. The molecule has 78 valence electrons. The van der Waals surface area contributed by atoms with Crippen molar-refractivity contribution in [1.29, 1.82) is 0 Å². The molecule has 0 radical (unpaired) electrons. The number of anilines is 1. The summed E-state index contributed by atoms with van der Waals surface area (Å²) in [6, 6.07) is 3.67. The predicted molar refractivity (Wildman–Crippen MR) is 57.6 cm³/mol. The minimum Gasteiger partial charge on any atom is -0.282 e. The highest BCUT2D eigenvalue weighted by Crippen LogP contribution is 2.14. The Balaban J connectivity index is 2.41. The van der Waals surface area contributed by atoms with Crippen molar-refractivity contribution in [2.24, 2.45) is 0 Å². The Morgan fingerprint density at radius 3 is 3.13 bits per heavy atom. The second-order valence-corrected chi connectivity index (χ2v) is 3.46. The van der Waals surface area contributed by atoms with Crippen LogP contribution in [0.25, 0.3) is 5.52 Å². The molecule has 0 aliphatic rings. The molecule has 0 unspecified atom stereocenters. The molecule has 0 saturated carbocycles. The van der Waals surface area contributed by atoms with Gasteiger partial charge in [0, 0.05) is 0 Å². The number of hydrogen-bond acceptors (Lipinski definition) is 5. The molecule has 2 aromatic rings. The second-order valence-electron chi connectivity index (χ2n) is 2.69. The molecule has 0 saturated heterocycles. The summed E-state index contributed by atoms with van der Waals surface area (Å²) in [5.41, 5.74) is 5.94. The zero-order valence-electron chi connectivity index (χ0n) is 7.97. The number of aromatic nitrogens is 3. The number of nitrogens with zero attached hydrogens (tertiary/aromatic N) is 3. The minimum absolute atomic E-state index is 0.566. The van der Waals surface area contributed by atoms with Crippen LogP contribution in [0.4, 0.5) is 5.82 Å². The van der Waals surface area contributed by atoms with Crippen molar-refractivity contribution in [1.82, 2.24) is 20.0 Å².